The largest absolute Gasteiger partial charge is 0.462 e. The molecule has 0 fully saturated rings. The Bertz CT molecular complexity index is 386. The molecule has 4 heteroatoms. The van der Waals surface area contributed by atoms with Gasteiger partial charge in [0.15, 0.2) is 0 Å². The number of carbonyl (C=O) groups excluding carboxylic acids is 1. The van der Waals surface area contributed by atoms with Gasteiger partial charge in [-0.25, -0.2) is 0 Å². The van der Waals surface area contributed by atoms with Crippen molar-refractivity contribution in [3.05, 3.63) is 23.8 Å². The summed E-state index contributed by atoms with van der Waals surface area (Å²) >= 11 is 0. The highest BCUT2D eigenvalue weighted by Crippen LogP contribution is 2.29. The molecule has 0 spiro atoms. The zero-order valence-electron chi connectivity index (χ0n) is 13.8. The Balaban J connectivity index is 2.70. The van der Waals surface area contributed by atoms with E-state index in [1.807, 2.05) is 0 Å². The predicted molar refractivity (Wildman–Crippen MR) is 83.0 cm³/mol. The van der Waals surface area contributed by atoms with Crippen LogP contribution in [-0.2, 0) is 19.0 Å². The van der Waals surface area contributed by atoms with Crippen molar-refractivity contribution in [3.63, 3.8) is 0 Å². The van der Waals surface area contributed by atoms with E-state index in [2.05, 4.69) is 32.1 Å². The molecule has 4 unspecified atom stereocenters. The molecule has 0 N–H and O–H groups in total. The second kappa shape index (κ2) is 9.00. The minimum absolute atomic E-state index is 0.146. The molecule has 0 heterocycles. The van der Waals surface area contributed by atoms with Gasteiger partial charge in [0, 0.05) is 46.0 Å². The molecule has 0 bridgehead atoms. The number of methoxy groups -OCH3 is 2. The van der Waals surface area contributed by atoms with Gasteiger partial charge in [0.2, 0.25) is 0 Å². The van der Waals surface area contributed by atoms with Crippen LogP contribution >= 0.6 is 0 Å². The zero-order valence-corrected chi connectivity index (χ0v) is 13.8. The summed E-state index contributed by atoms with van der Waals surface area (Å²) in [4.78, 5) is 11.2. The normalized spacial score (nSPS) is 24.9. The van der Waals surface area contributed by atoms with Crippen LogP contribution in [-0.4, -0.2) is 39.0 Å². The monoisotopic (exact) mass is 296 g/mol. The number of carbonyl (C=O) groups is 1. The predicted octanol–water partition coefficient (Wildman–Crippen LogP) is 3.13. The summed E-state index contributed by atoms with van der Waals surface area (Å²) in [5.41, 5.74) is 1.29. The maximum Gasteiger partial charge on any atom is 0.302 e. The highest BCUT2D eigenvalue weighted by atomic mass is 16.5. The van der Waals surface area contributed by atoms with Crippen molar-refractivity contribution in [3.8, 4) is 0 Å². The minimum Gasteiger partial charge on any atom is -0.462 e. The number of allylic oxidation sites excluding steroid dienone is 1. The van der Waals surface area contributed by atoms with Crippen LogP contribution in [0.1, 0.15) is 33.6 Å². The van der Waals surface area contributed by atoms with Crippen molar-refractivity contribution < 1.29 is 19.0 Å². The van der Waals surface area contributed by atoms with Gasteiger partial charge in [0.1, 0.15) is 6.10 Å². The lowest BCUT2D eigenvalue weighted by molar-refractivity contribution is -0.148. The lowest BCUT2D eigenvalue weighted by Crippen LogP contribution is -2.26. The SMILES string of the molecule is COCCC(OC(C)=O)C(C)/C=C(\C)C1CC=CC1OC. The third-order valence-electron chi connectivity index (χ3n) is 4.01. The summed E-state index contributed by atoms with van der Waals surface area (Å²) in [6.45, 7) is 6.24. The topological polar surface area (TPSA) is 44.8 Å². The molecular formula is C17H28O4. The van der Waals surface area contributed by atoms with Gasteiger partial charge in [-0.3, -0.25) is 4.79 Å². The lowest BCUT2D eigenvalue weighted by atomic mass is 9.90. The van der Waals surface area contributed by atoms with Crippen LogP contribution in [0.15, 0.2) is 23.8 Å². The summed E-state index contributed by atoms with van der Waals surface area (Å²) in [5.74, 6) is 0.298. The van der Waals surface area contributed by atoms with Crippen molar-refractivity contribution in [2.75, 3.05) is 20.8 Å². The molecule has 0 aliphatic heterocycles. The van der Waals surface area contributed by atoms with E-state index in [0.29, 0.717) is 18.9 Å². The molecule has 1 rings (SSSR count). The molecule has 4 nitrogen and oxygen atoms in total. The standard InChI is InChI=1S/C17H28O4/c1-12(15-7-6-8-17(15)20-5)11-13(2)16(9-10-19-4)21-14(3)18/h6,8,11,13,15-17H,7,9-10H2,1-5H3/b12-11+. The fourth-order valence-electron chi connectivity index (χ4n) is 2.84. The van der Waals surface area contributed by atoms with Gasteiger partial charge >= 0.3 is 5.97 Å². The first-order valence-corrected chi connectivity index (χ1v) is 7.53. The summed E-state index contributed by atoms with van der Waals surface area (Å²) < 4.78 is 16.0. The molecule has 0 aromatic heterocycles. The van der Waals surface area contributed by atoms with Gasteiger partial charge in [0.05, 0.1) is 6.10 Å². The Hall–Kier alpha value is -1.13. The Morgan fingerprint density at radius 2 is 2.10 bits per heavy atom. The fourth-order valence-corrected chi connectivity index (χ4v) is 2.84. The first kappa shape index (κ1) is 17.9. The average Bonchev–Trinajstić information content (AvgIpc) is 2.91. The van der Waals surface area contributed by atoms with Gasteiger partial charge < -0.3 is 14.2 Å². The van der Waals surface area contributed by atoms with Crippen molar-refractivity contribution in [2.24, 2.45) is 11.8 Å². The van der Waals surface area contributed by atoms with E-state index in [-0.39, 0.29) is 24.1 Å². The second-order valence-corrected chi connectivity index (χ2v) is 5.67. The number of hydrogen-bond donors (Lipinski definition) is 0. The van der Waals surface area contributed by atoms with Gasteiger partial charge in [0.25, 0.3) is 0 Å². The molecule has 0 aromatic carbocycles. The van der Waals surface area contributed by atoms with E-state index in [0.717, 1.165) is 6.42 Å². The van der Waals surface area contributed by atoms with Crippen LogP contribution in [0.25, 0.3) is 0 Å². The van der Waals surface area contributed by atoms with E-state index < -0.39 is 0 Å². The number of ether oxygens (including phenoxy) is 3. The molecule has 0 aromatic rings. The van der Waals surface area contributed by atoms with E-state index in [1.165, 1.54) is 12.5 Å². The van der Waals surface area contributed by atoms with Crippen LogP contribution in [0.2, 0.25) is 0 Å². The number of rotatable bonds is 8. The quantitative estimate of drug-likeness (QED) is 0.510. The minimum atomic E-state index is -0.244. The number of esters is 1. The molecule has 0 radical (unpaired) electrons. The van der Waals surface area contributed by atoms with Crippen LogP contribution in [0.3, 0.4) is 0 Å². The molecule has 120 valence electrons. The summed E-state index contributed by atoms with van der Waals surface area (Å²) in [5, 5.41) is 0. The van der Waals surface area contributed by atoms with Crippen LogP contribution in [0, 0.1) is 11.8 Å². The molecule has 1 aliphatic carbocycles. The molecule has 0 saturated carbocycles. The molecule has 1 aliphatic rings. The van der Waals surface area contributed by atoms with Crippen LogP contribution in [0.4, 0.5) is 0 Å². The summed E-state index contributed by atoms with van der Waals surface area (Å²) in [7, 11) is 3.40. The van der Waals surface area contributed by atoms with Crippen molar-refractivity contribution in [1.29, 1.82) is 0 Å². The van der Waals surface area contributed by atoms with Crippen LogP contribution < -0.4 is 0 Å². The highest BCUT2D eigenvalue weighted by Gasteiger charge is 2.25. The smallest absolute Gasteiger partial charge is 0.302 e. The first-order chi connectivity index (χ1) is 9.99. The Morgan fingerprint density at radius 1 is 1.38 bits per heavy atom. The molecule has 21 heavy (non-hydrogen) atoms. The number of hydrogen-bond acceptors (Lipinski definition) is 4. The van der Waals surface area contributed by atoms with E-state index in [1.54, 1.807) is 14.2 Å². The van der Waals surface area contributed by atoms with Crippen molar-refractivity contribution in [2.45, 2.75) is 45.8 Å². The average molecular weight is 296 g/mol. The van der Waals surface area contributed by atoms with Gasteiger partial charge in [-0.15, -0.1) is 0 Å². The third kappa shape index (κ3) is 5.64. The Morgan fingerprint density at radius 3 is 2.67 bits per heavy atom. The summed E-state index contributed by atoms with van der Waals surface area (Å²) in [6.07, 6.45) is 8.19. The Labute approximate surface area is 128 Å². The molecular weight excluding hydrogens is 268 g/mol. The molecule has 0 amide bonds. The third-order valence-corrected chi connectivity index (χ3v) is 4.01. The molecule has 0 saturated heterocycles. The van der Waals surface area contributed by atoms with Gasteiger partial charge in [-0.1, -0.05) is 30.7 Å². The highest BCUT2D eigenvalue weighted by molar-refractivity contribution is 5.66. The first-order valence-electron chi connectivity index (χ1n) is 7.53. The van der Waals surface area contributed by atoms with E-state index >= 15 is 0 Å². The fraction of sp³-hybridized carbons (Fsp3) is 0.706. The maximum absolute atomic E-state index is 11.2. The van der Waals surface area contributed by atoms with Crippen LogP contribution in [0.5, 0.6) is 0 Å². The molecule has 4 atom stereocenters. The zero-order chi connectivity index (χ0) is 15.8. The van der Waals surface area contributed by atoms with Gasteiger partial charge in [-0.05, 0) is 13.3 Å². The van der Waals surface area contributed by atoms with Gasteiger partial charge in [-0.2, -0.15) is 0 Å². The van der Waals surface area contributed by atoms with Crippen molar-refractivity contribution in [1.82, 2.24) is 0 Å². The second-order valence-electron chi connectivity index (χ2n) is 5.67. The maximum atomic E-state index is 11.2. The lowest BCUT2D eigenvalue weighted by Gasteiger charge is -2.24. The Kier molecular flexibility index (Phi) is 7.68. The summed E-state index contributed by atoms with van der Waals surface area (Å²) in [6, 6.07) is 0. The van der Waals surface area contributed by atoms with E-state index in [4.69, 9.17) is 14.2 Å². The van der Waals surface area contributed by atoms with Crippen molar-refractivity contribution >= 4 is 5.97 Å². The van der Waals surface area contributed by atoms with E-state index in [9.17, 15) is 4.79 Å².